The van der Waals surface area contributed by atoms with E-state index in [1.165, 1.54) is 0 Å². The summed E-state index contributed by atoms with van der Waals surface area (Å²) in [6.07, 6.45) is 2.73. The smallest absolute Gasteiger partial charge is 0.236 e. The van der Waals surface area contributed by atoms with Crippen LogP contribution < -0.4 is 11.1 Å². The lowest BCUT2D eigenvalue weighted by atomic mass is 9.67. The molecule has 112 valence electrons. The highest BCUT2D eigenvalue weighted by Gasteiger charge is 2.53. The monoisotopic (exact) mass is 282 g/mol. The second kappa shape index (κ2) is 4.96. The van der Waals surface area contributed by atoms with Gasteiger partial charge in [-0.25, -0.2) is 0 Å². The van der Waals surface area contributed by atoms with Crippen LogP contribution >= 0.6 is 0 Å². The maximum absolute atomic E-state index is 12.7. The fourth-order valence-corrected chi connectivity index (χ4v) is 3.13. The van der Waals surface area contributed by atoms with Gasteiger partial charge >= 0.3 is 0 Å². The second-order valence-corrected chi connectivity index (χ2v) is 6.04. The fourth-order valence-electron chi connectivity index (χ4n) is 3.13. The summed E-state index contributed by atoms with van der Waals surface area (Å²) >= 11 is 0. The molecule has 0 aromatic rings. The first-order chi connectivity index (χ1) is 9.39. The standard InChI is InChI=1S/C13H22N4O3/c1-12(10(18)15-2)6-7-17(8-12)11(19)13(4-3-5-13)9(14)16-20/h20H,3-8H2,1-2H3,(H2,14,16)(H,15,18). The van der Waals surface area contributed by atoms with Crippen LogP contribution in [-0.4, -0.2) is 47.9 Å². The molecule has 0 aromatic carbocycles. The summed E-state index contributed by atoms with van der Waals surface area (Å²) < 4.78 is 0. The molecule has 0 radical (unpaired) electrons. The SMILES string of the molecule is CNC(=O)C1(C)CCN(C(=O)C2(C(N)=NO)CCC2)C1. The highest BCUT2D eigenvalue weighted by atomic mass is 16.4. The minimum absolute atomic E-state index is 0.0118. The van der Waals surface area contributed by atoms with Crippen molar-refractivity contribution in [2.24, 2.45) is 21.7 Å². The molecular weight excluding hydrogens is 260 g/mol. The number of hydrogen-bond acceptors (Lipinski definition) is 4. The van der Waals surface area contributed by atoms with E-state index in [-0.39, 0.29) is 17.6 Å². The van der Waals surface area contributed by atoms with Gasteiger partial charge in [0.15, 0.2) is 5.84 Å². The normalized spacial score (nSPS) is 28.9. The Hall–Kier alpha value is -1.79. The van der Waals surface area contributed by atoms with Crippen molar-refractivity contribution in [3.05, 3.63) is 0 Å². The molecule has 1 saturated carbocycles. The van der Waals surface area contributed by atoms with E-state index in [0.29, 0.717) is 32.4 Å². The maximum atomic E-state index is 12.7. The molecule has 4 N–H and O–H groups in total. The highest BCUT2D eigenvalue weighted by molar-refractivity contribution is 6.07. The van der Waals surface area contributed by atoms with Crippen LogP contribution in [0.5, 0.6) is 0 Å². The van der Waals surface area contributed by atoms with Crippen LogP contribution in [0.25, 0.3) is 0 Å². The first kappa shape index (κ1) is 14.6. The van der Waals surface area contributed by atoms with Crippen molar-refractivity contribution in [3.63, 3.8) is 0 Å². The number of nitrogens with zero attached hydrogens (tertiary/aromatic N) is 2. The Balaban J connectivity index is 2.14. The van der Waals surface area contributed by atoms with E-state index >= 15 is 0 Å². The minimum Gasteiger partial charge on any atom is -0.409 e. The molecule has 2 amide bonds. The number of likely N-dealkylation sites (tertiary alicyclic amines) is 1. The first-order valence-electron chi connectivity index (χ1n) is 6.89. The van der Waals surface area contributed by atoms with Gasteiger partial charge in [0.2, 0.25) is 11.8 Å². The van der Waals surface area contributed by atoms with Crippen molar-refractivity contribution in [3.8, 4) is 0 Å². The molecule has 1 heterocycles. The summed E-state index contributed by atoms with van der Waals surface area (Å²) in [5.41, 5.74) is 4.30. The third-order valence-corrected chi connectivity index (χ3v) is 4.75. The average molecular weight is 282 g/mol. The van der Waals surface area contributed by atoms with E-state index in [9.17, 15) is 9.59 Å². The highest BCUT2D eigenvalue weighted by Crippen LogP contribution is 2.44. The van der Waals surface area contributed by atoms with Crippen LogP contribution in [-0.2, 0) is 9.59 Å². The van der Waals surface area contributed by atoms with Crippen molar-refractivity contribution in [2.75, 3.05) is 20.1 Å². The van der Waals surface area contributed by atoms with Gasteiger partial charge in [-0.3, -0.25) is 9.59 Å². The number of nitrogens with one attached hydrogen (secondary N) is 1. The molecule has 0 spiro atoms. The van der Waals surface area contributed by atoms with Crippen LogP contribution in [0.4, 0.5) is 0 Å². The summed E-state index contributed by atoms with van der Waals surface area (Å²) in [7, 11) is 1.60. The van der Waals surface area contributed by atoms with E-state index in [1.54, 1.807) is 11.9 Å². The molecule has 1 unspecified atom stereocenters. The zero-order chi connectivity index (χ0) is 15.0. The third-order valence-electron chi connectivity index (χ3n) is 4.75. The Morgan fingerprint density at radius 3 is 2.45 bits per heavy atom. The number of amidine groups is 1. The number of oxime groups is 1. The number of amides is 2. The van der Waals surface area contributed by atoms with Gasteiger partial charge in [-0.1, -0.05) is 11.6 Å². The first-order valence-corrected chi connectivity index (χ1v) is 6.89. The molecule has 1 aliphatic heterocycles. The van der Waals surface area contributed by atoms with Crippen molar-refractivity contribution in [2.45, 2.75) is 32.6 Å². The number of carbonyl (C=O) groups excluding carboxylic acids is 2. The van der Waals surface area contributed by atoms with E-state index in [1.807, 2.05) is 6.92 Å². The topological polar surface area (TPSA) is 108 Å². The van der Waals surface area contributed by atoms with Gasteiger partial charge in [0.05, 0.1) is 5.41 Å². The Kier molecular flexibility index (Phi) is 3.62. The van der Waals surface area contributed by atoms with E-state index in [0.717, 1.165) is 6.42 Å². The Morgan fingerprint density at radius 2 is 2.00 bits per heavy atom. The van der Waals surface area contributed by atoms with Crippen LogP contribution in [0.1, 0.15) is 32.6 Å². The van der Waals surface area contributed by atoms with E-state index in [2.05, 4.69) is 10.5 Å². The summed E-state index contributed by atoms with van der Waals surface area (Å²) in [6.45, 7) is 2.77. The molecule has 1 saturated heterocycles. The molecule has 0 aromatic heterocycles. The molecule has 1 atom stereocenters. The predicted octanol–water partition coefficient (Wildman–Crippen LogP) is -0.112. The zero-order valence-electron chi connectivity index (χ0n) is 12.0. The van der Waals surface area contributed by atoms with Crippen molar-refractivity contribution >= 4 is 17.6 Å². The maximum Gasteiger partial charge on any atom is 0.236 e. The summed E-state index contributed by atoms with van der Waals surface area (Å²) in [4.78, 5) is 26.2. The summed E-state index contributed by atoms with van der Waals surface area (Å²) in [5, 5.41) is 14.6. The minimum atomic E-state index is -0.858. The molecule has 7 nitrogen and oxygen atoms in total. The van der Waals surface area contributed by atoms with Gasteiger partial charge in [0.1, 0.15) is 5.41 Å². The quantitative estimate of drug-likeness (QED) is 0.290. The molecule has 2 fully saturated rings. The fraction of sp³-hybridized carbons (Fsp3) is 0.769. The van der Waals surface area contributed by atoms with Gasteiger partial charge < -0.3 is 21.2 Å². The van der Waals surface area contributed by atoms with Crippen LogP contribution in [0, 0.1) is 10.8 Å². The van der Waals surface area contributed by atoms with Crippen LogP contribution in [0.2, 0.25) is 0 Å². The molecule has 7 heteroatoms. The van der Waals surface area contributed by atoms with Gasteiger partial charge in [-0.2, -0.15) is 0 Å². The summed E-state index contributed by atoms with van der Waals surface area (Å²) in [5.74, 6) is -0.187. The number of hydrogen-bond donors (Lipinski definition) is 3. The number of nitrogens with two attached hydrogens (primary N) is 1. The third kappa shape index (κ3) is 2.01. The lowest BCUT2D eigenvalue weighted by Gasteiger charge is -2.41. The van der Waals surface area contributed by atoms with Crippen LogP contribution in [0.15, 0.2) is 5.16 Å². The lowest BCUT2D eigenvalue weighted by Crippen LogP contribution is -2.55. The Bertz CT molecular complexity index is 459. The van der Waals surface area contributed by atoms with Crippen LogP contribution in [0.3, 0.4) is 0 Å². The lowest BCUT2D eigenvalue weighted by molar-refractivity contribution is -0.142. The van der Waals surface area contributed by atoms with Crippen molar-refractivity contribution in [1.82, 2.24) is 10.2 Å². The molecular formula is C13H22N4O3. The van der Waals surface area contributed by atoms with Crippen molar-refractivity contribution in [1.29, 1.82) is 0 Å². The molecule has 1 aliphatic carbocycles. The summed E-state index contributed by atoms with van der Waals surface area (Å²) in [6, 6.07) is 0. The van der Waals surface area contributed by atoms with E-state index in [4.69, 9.17) is 10.9 Å². The molecule has 20 heavy (non-hydrogen) atoms. The molecule has 0 bridgehead atoms. The van der Waals surface area contributed by atoms with E-state index < -0.39 is 10.8 Å². The molecule has 2 aliphatic rings. The Morgan fingerprint density at radius 1 is 1.35 bits per heavy atom. The average Bonchev–Trinajstić information content (AvgIpc) is 2.80. The largest absolute Gasteiger partial charge is 0.409 e. The van der Waals surface area contributed by atoms with Gasteiger partial charge in [0, 0.05) is 20.1 Å². The predicted molar refractivity (Wildman–Crippen MR) is 73.1 cm³/mol. The van der Waals surface area contributed by atoms with Gasteiger partial charge in [0.25, 0.3) is 0 Å². The van der Waals surface area contributed by atoms with Crippen molar-refractivity contribution < 1.29 is 14.8 Å². The second-order valence-electron chi connectivity index (χ2n) is 6.04. The molecule has 2 rings (SSSR count). The van der Waals surface area contributed by atoms with Gasteiger partial charge in [-0.15, -0.1) is 0 Å². The van der Waals surface area contributed by atoms with Gasteiger partial charge in [-0.05, 0) is 26.2 Å². The zero-order valence-corrected chi connectivity index (χ0v) is 12.0. The number of carbonyl (C=O) groups is 2. The Labute approximate surface area is 118 Å². The number of rotatable bonds is 3.